The van der Waals surface area contributed by atoms with Crippen molar-refractivity contribution in [3.8, 4) is 5.75 Å². The molecule has 102 valence electrons. The van der Waals surface area contributed by atoms with Crippen molar-refractivity contribution in [3.63, 3.8) is 0 Å². The zero-order valence-electron chi connectivity index (χ0n) is 11.6. The smallest absolute Gasteiger partial charge is 0.165 e. The van der Waals surface area contributed by atoms with Gasteiger partial charge in [-0.2, -0.15) is 0 Å². The van der Waals surface area contributed by atoms with Gasteiger partial charge < -0.3 is 9.30 Å². The van der Waals surface area contributed by atoms with Gasteiger partial charge in [-0.3, -0.25) is 0 Å². The number of hydrogen-bond donors (Lipinski definition) is 0. The van der Waals surface area contributed by atoms with Gasteiger partial charge in [0.1, 0.15) is 6.61 Å². The fourth-order valence-electron chi connectivity index (χ4n) is 2.53. The van der Waals surface area contributed by atoms with E-state index in [-0.39, 0.29) is 11.6 Å². The summed E-state index contributed by atoms with van der Waals surface area (Å²) >= 11 is 0. The van der Waals surface area contributed by atoms with E-state index >= 15 is 0 Å². The molecule has 0 N–H and O–H groups in total. The minimum absolute atomic E-state index is 0.287. The molecule has 0 aliphatic heterocycles. The molecule has 0 bridgehead atoms. The summed E-state index contributed by atoms with van der Waals surface area (Å²) in [5.41, 5.74) is 3.44. The number of aryl methyl sites for hydroxylation is 2. The van der Waals surface area contributed by atoms with Crippen LogP contribution in [0, 0.1) is 12.7 Å². The van der Waals surface area contributed by atoms with E-state index in [4.69, 9.17) is 4.74 Å². The normalized spacial score (nSPS) is 10.9. The lowest BCUT2D eigenvalue weighted by atomic mass is 10.2. The van der Waals surface area contributed by atoms with E-state index in [9.17, 15) is 4.39 Å². The fraction of sp³-hybridized carbons (Fsp3) is 0.176. The Kier molecular flexibility index (Phi) is 3.18. The Hall–Kier alpha value is -2.29. The lowest BCUT2D eigenvalue weighted by molar-refractivity contribution is 0.283. The van der Waals surface area contributed by atoms with E-state index in [0.717, 1.165) is 5.69 Å². The second kappa shape index (κ2) is 5.00. The molecule has 0 radical (unpaired) electrons. The minimum Gasteiger partial charge on any atom is -0.484 e. The molecule has 0 fully saturated rings. The third-order valence-corrected chi connectivity index (χ3v) is 3.57. The molecule has 0 spiro atoms. The predicted molar refractivity (Wildman–Crippen MR) is 78.4 cm³/mol. The minimum atomic E-state index is -0.331. The number of halogens is 1. The van der Waals surface area contributed by atoms with Gasteiger partial charge in [0.05, 0.1) is 11.2 Å². The molecule has 0 unspecified atom stereocenters. The molecule has 2 nitrogen and oxygen atoms in total. The molecule has 1 heterocycles. The van der Waals surface area contributed by atoms with Gasteiger partial charge in [0, 0.05) is 12.4 Å². The number of hydrogen-bond acceptors (Lipinski definition) is 1. The highest BCUT2D eigenvalue weighted by atomic mass is 19.1. The number of ether oxygens (including phenoxy) is 1. The molecule has 3 aromatic rings. The zero-order valence-corrected chi connectivity index (χ0v) is 11.6. The Morgan fingerprint density at radius 1 is 1.10 bits per heavy atom. The zero-order chi connectivity index (χ0) is 14.1. The van der Waals surface area contributed by atoms with Crippen LogP contribution in [0.3, 0.4) is 0 Å². The van der Waals surface area contributed by atoms with Crippen molar-refractivity contribution in [3.05, 3.63) is 65.6 Å². The maximum absolute atomic E-state index is 13.5. The van der Waals surface area contributed by atoms with Crippen LogP contribution in [0.15, 0.2) is 48.5 Å². The van der Waals surface area contributed by atoms with Crippen LogP contribution in [0.2, 0.25) is 0 Å². The van der Waals surface area contributed by atoms with E-state index < -0.39 is 0 Å². The lowest BCUT2D eigenvalue weighted by Crippen LogP contribution is -2.03. The third kappa shape index (κ3) is 2.16. The summed E-state index contributed by atoms with van der Waals surface area (Å²) < 4.78 is 21.2. The molecule has 1 aromatic heterocycles. The number of aromatic nitrogens is 1. The Bertz CT molecular complexity index is 761. The van der Waals surface area contributed by atoms with Gasteiger partial charge in [0.15, 0.2) is 11.6 Å². The number of nitrogens with zero attached hydrogens (tertiary/aromatic N) is 1. The van der Waals surface area contributed by atoms with Gasteiger partial charge in [0.2, 0.25) is 0 Å². The number of para-hydroxylation sites is 2. The second-order valence-corrected chi connectivity index (χ2v) is 4.93. The molecule has 0 amide bonds. The lowest BCUT2D eigenvalue weighted by Gasteiger charge is -2.08. The van der Waals surface area contributed by atoms with Crippen molar-refractivity contribution in [2.24, 2.45) is 7.05 Å². The molecule has 0 saturated heterocycles. The summed E-state index contributed by atoms with van der Waals surface area (Å²) in [6, 6.07) is 14.8. The summed E-state index contributed by atoms with van der Waals surface area (Å²) in [5, 5.41) is 1.18. The predicted octanol–water partition coefficient (Wildman–Crippen LogP) is 4.20. The van der Waals surface area contributed by atoms with Crippen molar-refractivity contribution in [2.45, 2.75) is 13.5 Å². The first-order valence-electron chi connectivity index (χ1n) is 6.58. The Balaban J connectivity index is 1.90. The highest BCUT2D eigenvalue weighted by molar-refractivity contribution is 5.84. The Labute approximate surface area is 117 Å². The SMILES string of the molecule is Cc1cccc2cc(COc3ccccc3F)n(C)c12. The summed E-state index contributed by atoms with van der Waals surface area (Å²) in [6.45, 7) is 2.44. The van der Waals surface area contributed by atoms with Crippen LogP contribution in [-0.2, 0) is 13.7 Å². The van der Waals surface area contributed by atoms with E-state index in [1.807, 2.05) is 13.1 Å². The van der Waals surface area contributed by atoms with Crippen molar-refractivity contribution >= 4 is 10.9 Å². The third-order valence-electron chi connectivity index (χ3n) is 3.57. The molecule has 3 rings (SSSR count). The molecule has 20 heavy (non-hydrogen) atoms. The summed E-state index contributed by atoms with van der Waals surface area (Å²) in [5.74, 6) is -0.0445. The van der Waals surface area contributed by atoms with Gasteiger partial charge >= 0.3 is 0 Å². The fourth-order valence-corrected chi connectivity index (χ4v) is 2.53. The molecular formula is C17H16FNO. The highest BCUT2D eigenvalue weighted by Gasteiger charge is 2.09. The van der Waals surface area contributed by atoms with Crippen LogP contribution in [0.4, 0.5) is 4.39 Å². The van der Waals surface area contributed by atoms with Crippen LogP contribution >= 0.6 is 0 Å². The summed E-state index contributed by atoms with van der Waals surface area (Å²) in [6.07, 6.45) is 0. The molecule has 0 aliphatic rings. The monoisotopic (exact) mass is 269 g/mol. The molecule has 0 saturated carbocycles. The average Bonchev–Trinajstić information content (AvgIpc) is 2.76. The van der Waals surface area contributed by atoms with Gasteiger partial charge in [-0.15, -0.1) is 0 Å². The maximum atomic E-state index is 13.5. The van der Waals surface area contributed by atoms with E-state index in [0.29, 0.717) is 6.61 Å². The van der Waals surface area contributed by atoms with Crippen molar-refractivity contribution < 1.29 is 9.13 Å². The second-order valence-electron chi connectivity index (χ2n) is 4.93. The average molecular weight is 269 g/mol. The molecule has 3 heteroatoms. The first kappa shape index (κ1) is 12.7. The Morgan fingerprint density at radius 3 is 2.65 bits per heavy atom. The molecule has 0 aliphatic carbocycles. The quantitative estimate of drug-likeness (QED) is 0.695. The van der Waals surface area contributed by atoms with Crippen molar-refractivity contribution in [2.75, 3.05) is 0 Å². The Morgan fingerprint density at radius 2 is 1.90 bits per heavy atom. The van der Waals surface area contributed by atoms with Gasteiger partial charge in [-0.05, 0) is 30.7 Å². The summed E-state index contributed by atoms with van der Waals surface area (Å²) in [4.78, 5) is 0. The maximum Gasteiger partial charge on any atom is 0.165 e. The highest BCUT2D eigenvalue weighted by Crippen LogP contribution is 2.23. The van der Waals surface area contributed by atoms with E-state index in [1.165, 1.54) is 22.5 Å². The standard InChI is InChI=1S/C17H16FNO/c1-12-6-5-7-13-10-14(19(2)17(12)13)11-20-16-9-4-3-8-15(16)18/h3-10H,11H2,1-2H3. The largest absolute Gasteiger partial charge is 0.484 e. The van der Waals surface area contributed by atoms with Gasteiger partial charge in [0.25, 0.3) is 0 Å². The molecule has 0 atom stereocenters. The van der Waals surface area contributed by atoms with Crippen molar-refractivity contribution in [1.29, 1.82) is 0 Å². The molecular weight excluding hydrogens is 253 g/mol. The van der Waals surface area contributed by atoms with Crippen LogP contribution in [0.25, 0.3) is 10.9 Å². The van der Waals surface area contributed by atoms with Crippen molar-refractivity contribution in [1.82, 2.24) is 4.57 Å². The van der Waals surface area contributed by atoms with Crippen LogP contribution in [0.1, 0.15) is 11.3 Å². The topological polar surface area (TPSA) is 14.2 Å². The van der Waals surface area contributed by atoms with Crippen LogP contribution in [-0.4, -0.2) is 4.57 Å². The van der Waals surface area contributed by atoms with E-state index in [2.05, 4.69) is 29.7 Å². The molecule has 2 aromatic carbocycles. The number of fused-ring (bicyclic) bond motifs is 1. The van der Waals surface area contributed by atoms with E-state index in [1.54, 1.807) is 18.2 Å². The number of benzene rings is 2. The van der Waals surface area contributed by atoms with Gasteiger partial charge in [-0.1, -0.05) is 30.3 Å². The first-order chi connectivity index (χ1) is 9.66. The summed E-state index contributed by atoms with van der Waals surface area (Å²) in [7, 11) is 2.01. The van der Waals surface area contributed by atoms with Crippen LogP contribution in [0.5, 0.6) is 5.75 Å². The van der Waals surface area contributed by atoms with Crippen LogP contribution < -0.4 is 4.74 Å². The number of rotatable bonds is 3. The van der Waals surface area contributed by atoms with Gasteiger partial charge in [-0.25, -0.2) is 4.39 Å². The first-order valence-corrected chi connectivity index (χ1v) is 6.58.